The molecule has 0 aromatic heterocycles. The summed E-state index contributed by atoms with van der Waals surface area (Å²) in [6.45, 7) is 18.4. The molecular weight excluding hydrogens is 1840 g/mol. The molecule has 138 heavy (non-hydrogen) atoms. The molecule has 0 bridgehead atoms. The third kappa shape index (κ3) is 21.4. The summed E-state index contributed by atoms with van der Waals surface area (Å²) < 4.78 is 103. The SMILES string of the molecule is CC[C@H](C)[C@H](C[C@H](O)CC(=O)O[C@@H]1[C@H](O)[C@@H](O[C@@H]2O[C@@H](C)[C@H](O[C@@H]3OC[C@@H](O)[C@H](O[C@@H]4CC[C@](O)(CO)[C@H]4O)[C@H]3O)[C@@H](O)[C@H]2O)[C@H](OC(=O)[C@]23CCC(C)(C)CC2C2=CCC4[C@@]5(C)CC[C@H](O[C@@H]6O[C@H](C(=O)O)[C@@H](O)[C@H](O[C@@H]7OC[C@@H](O)[C@H](O)[C@H]7O)[C@H]6O[C@@H]6O[C@H](CO)[C@H](O)[C@H](O)[C@H]6O)[C@@](C)(C=O)C5CC[C@@]4(C)[C@]2(C)C[C@H]3O)O[C@@H]1C)OC(=O)C[C@@H](O)C[C@H](O[C@@H]1O[C@@H](CO)[C@H](O)[C@H]1O)[C@@H](C)CC. The Hall–Kier alpha value is -4.15. The number of aliphatic carboxylic acids is 1. The number of aliphatic hydroxyl groups excluding tert-OH is 21. The minimum absolute atomic E-state index is 0.00331. The van der Waals surface area contributed by atoms with Gasteiger partial charge in [-0.15, -0.1) is 0 Å². The van der Waals surface area contributed by atoms with Crippen LogP contribution in [-0.4, -0.2) is 432 Å². The second-order valence-corrected chi connectivity index (χ2v) is 43.0. The van der Waals surface area contributed by atoms with Gasteiger partial charge in [0.2, 0.25) is 6.29 Å². The van der Waals surface area contributed by atoms with Crippen LogP contribution in [0.4, 0.5) is 0 Å². The van der Waals surface area contributed by atoms with E-state index in [0.717, 1.165) is 11.9 Å². The summed E-state index contributed by atoms with van der Waals surface area (Å²) in [4.78, 5) is 72.1. The molecule has 0 spiro atoms. The van der Waals surface area contributed by atoms with E-state index >= 15 is 4.79 Å². The largest absolute Gasteiger partial charge is 0.479 e. The number of aliphatic hydroxyl groups is 22. The van der Waals surface area contributed by atoms with E-state index in [9.17, 15) is 137 Å². The third-order valence-corrected chi connectivity index (χ3v) is 33.8. The summed E-state index contributed by atoms with van der Waals surface area (Å²) >= 11 is 0. The van der Waals surface area contributed by atoms with Crippen LogP contribution in [-0.2, 0) is 104 Å². The van der Waals surface area contributed by atoms with E-state index in [-0.39, 0.29) is 56.8 Å². The van der Waals surface area contributed by atoms with Crippen molar-refractivity contribution >= 4 is 30.2 Å². The number of esters is 3. The number of hydrogen-bond donors (Lipinski definition) is 23. The lowest BCUT2D eigenvalue weighted by Gasteiger charge is -2.71. The van der Waals surface area contributed by atoms with Crippen LogP contribution in [0.2, 0.25) is 0 Å². The first-order chi connectivity index (χ1) is 64.8. The van der Waals surface area contributed by atoms with Gasteiger partial charge >= 0.3 is 23.9 Å². The van der Waals surface area contributed by atoms with Crippen LogP contribution in [0, 0.1) is 62.1 Å². The van der Waals surface area contributed by atoms with Crippen molar-refractivity contribution in [1.82, 2.24) is 0 Å². The fourth-order valence-corrected chi connectivity index (χ4v) is 24.6. The average Bonchev–Trinajstić information content (AvgIpc) is 0.707. The standard InChI is InChI=1S/C93H150O45/c1-13-37(3)48(126-56(103)27-42(99)26-49(38(4)14-2)128-82-64(111)60(107)51(32-95)129-82)25-41(98)28-57(104)132-71-40(6)125-84(75(67(71)114)136-81-66(113)62(109)70(39(5)124-81)133-80-69(116)72(46(101)34-123-80)127-47-17-22-92(121,36-97)77(47)117)138-86(120)93-24-23-87(7,8)29-44(93)43-15-16-53-88(9)20-19-55(89(10,35-96)52(88)18-21-90(53,11)91(43,12)30-54(93)102)131-85-76(137-83-65(112)61(108)59(106)50(31-94)130-83)73(68(115)74(135-85)78(118)119)134-79-63(110)58(105)45(100)33-122-79/h15,35,37-42,44-55,58-77,79-85,94-95,97-102,105-117,121H,13-14,16-34,36H2,1-12H3,(H,118,119)/t37-,38-,39-,40+,41-,42-,44?,45+,46+,47+,48-,49-,50+,51-,52?,53?,54+,55-,58-,59-,60-,61-,62-,63+,64+,65+,66+,67-,68-,69+,70-,71-,72-,73-,74-,75+,76+,77-,79-,80-,81-,82+,83-,84-,85+,88-,89-,90+,91+,92-,93+/m0/s1. The molecule has 12 fully saturated rings. The molecule has 0 aromatic rings. The van der Waals surface area contributed by atoms with Crippen molar-refractivity contribution < 1.29 is 222 Å². The Kier molecular flexibility index (Phi) is 35.5. The molecule has 0 amide bonds. The van der Waals surface area contributed by atoms with Crippen molar-refractivity contribution in [1.29, 1.82) is 0 Å². The highest BCUT2D eigenvalue weighted by Gasteiger charge is 2.74. The molecular formula is C93H150O45. The van der Waals surface area contributed by atoms with Gasteiger partial charge in [-0.05, 0) is 136 Å². The number of fused-ring (bicyclic) bond motifs is 7. The Morgan fingerprint density at radius 3 is 1.70 bits per heavy atom. The third-order valence-electron chi connectivity index (χ3n) is 33.8. The highest BCUT2D eigenvalue weighted by atomic mass is 16.8. The fraction of sp³-hybridized carbons (Fsp3) is 0.925. The predicted molar refractivity (Wildman–Crippen MR) is 461 cm³/mol. The van der Waals surface area contributed by atoms with Gasteiger partial charge in [0.1, 0.15) is 152 Å². The van der Waals surface area contributed by atoms with Crippen molar-refractivity contribution in [3.8, 4) is 0 Å². The molecule has 6 aliphatic carbocycles. The summed E-state index contributed by atoms with van der Waals surface area (Å²) in [5.41, 5.74) is -7.44. The normalized spacial score (nSPS) is 48.7. The molecule has 7 aliphatic heterocycles. The van der Waals surface area contributed by atoms with Gasteiger partial charge in [-0.25, -0.2) is 4.79 Å². The summed E-state index contributed by atoms with van der Waals surface area (Å²) in [5.74, 6) is -7.21. The number of carbonyl (C=O) groups excluding carboxylic acids is 4. The van der Waals surface area contributed by atoms with Crippen LogP contribution in [0.15, 0.2) is 11.6 Å². The maximum atomic E-state index is 16.4. The zero-order valence-corrected chi connectivity index (χ0v) is 80.0. The van der Waals surface area contributed by atoms with E-state index < -0.39 is 371 Å². The van der Waals surface area contributed by atoms with Gasteiger partial charge in [0, 0.05) is 12.8 Å². The van der Waals surface area contributed by atoms with Gasteiger partial charge in [0.15, 0.2) is 56.1 Å². The van der Waals surface area contributed by atoms with E-state index in [1.807, 2.05) is 20.8 Å². The average molecular weight is 1990 g/mol. The summed E-state index contributed by atoms with van der Waals surface area (Å²) in [5, 5.41) is 257. The first-order valence-corrected chi connectivity index (χ1v) is 48.7. The molecule has 5 saturated carbocycles. The van der Waals surface area contributed by atoms with Crippen LogP contribution in [0.25, 0.3) is 0 Å². The molecule has 7 heterocycles. The molecule has 0 radical (unpaired) electrons. The second kappa shape index (κ2) is 44.1. The number of carboxylic acid groups (broad SMARTS) is 1. The van der Waals surface area contributed by atoms with E-state index in [0.29, 0.717) is 51.4 Å². The van der Waals surface area contributed by atoms with Gasteiger partial charge < -0.3 is 203 Å². The van der Waals surface area contributed by atoms with Crippen molar-refractivity contribution in [3.63, 3.8) is 0 Å². The van der Waals surface area contributed by atoms with Crippen molar-refractivity contribution in [2.45, 2.75) is 443 Å². The highest BCUT2D eigenvalue weighted by Crippen LogP contribution is 2.76. The lowest BCUT2D eigenvalue weighted by Crippen LogP contribution is -2.69. The Bertz CT molecular complexity index is 4100. The van der Waals surface area contributed by atoms with E-state index in [1.54, 1.807) is 27.7 Å². The van der Waals surface area contributed by atoms with Gasteiger partial charge in [-0.1, -0.05) is 93.7 Å². The number of allylic oxidation sites excluding steroid dienone is 2. The van der Waals surface area contributed by atoms with Gasteiger partial charge in [-0.2, -0.15) is 0 Å². The van der Waals surface area contributed by atoms with Crippen LogP contribution >= 0.6 is 0 Å². The summed E-state index contributed by atoms with van der Waals surface area (Å²) in [6.07, 6.45) is -65.2. The quantitative estimate of drug-likeness (QED) is 0.00930. The second-order valence-electron chi connectivity index (χ2n) is 43.0. The van der Waals surface area contributed by atoms with Crippen LogP contribution < -0.4 is 0 Å². The Balaban J connectivity index is 0.748. The van der Waals surface area contributed by atoms with E-state index in [2.05, 4.69) is 26.8 Å². The Morgan fingerprint density at radius 2 is 1.07 bits per heavy atom. The van der Waals surface area contributed by atoms with Gasteiger partial charge in [-0.3, -0.25) is 14.4 Å². The maximum Gasteiger partial charge on any atom is 0.335 e. The molecule has 13 aliphatic rings. The monoisotopic (exact) mass is 1990 g/mol. The van der Waals surface area contributed by atoms with Gasteiger partial charge in [0.05, 0.1) is 100 Å². The van der Waals surface area contributed by atoms with E-state index in [1.165, 1.54) is 13.8 Å². The first-order valence-electron chi connectivity index (χ1n) is 48.7. The number of ether oxygens (including phenoxy) is 17. The summed E-state index contributed by atoms with van der Waals surface area (Å²) in [6, 6.07) is 0. The number of carbonyl (C=O) groups is 5. The van der Waals surface area contributed by atoms with Crippen molar-refractivity contribution in [2.24, 2.45) is 62.1 Å². The van der Waals surface area contributed by atoms with Crippen molar-refractivity contribution in [2.75, 3.05) is 33.0 Å². The molecule has 0 aromatic carbocycles. The zero-order chi connectivity index (χ0) is 101. The number of carboxylic acids is 1. The molecule has 45 nitrogen and oxygen atoms in total. The molecule has 3 unspecified atom stereocenters. The molecule has 13 rings (SSSR count). The Labute approximate surface area is 799 Å². The lowest BCUT2D eigenvalue weighted by molar-refractivity contribution is -0.391. The molecule has 51 atom stereocenters. The molecule has 45 heteroatoms. The van der Waals surface area contributed by atoms with Crippen LogP contribution in [0.3, 0.4) is 0 Å². The molecule has 792 valence electrons. The van der Waals surface area contributed by atoms with Crippen LogP contribution in [0.5, 0.6) is 0 Å². The van der Waals surface area contributed by atoms with E-state index in [4.69, 9.17) is 80.5 Å². The first kappa shape index (κ1) is 111. The zero-order valence-electron chi connectivity index (χ0n) is 80.0. The number of aldehydes is 1. The van der Waals surface area contributed by atoms with Crippen molar-refractivity contribution in [3.05, 3.63) is 11.6 Å². The Morgan fingerprint density at radius 1 is 0.507 bits per heavy atom. The number of hydrogen-bond acceptors (Lipinski definition) is 44. The highest BCUT2D eigenvalue weighted by molar-refractivity contribution is 5.80. The molecule has 23 N–H and O–H groups in total. The summed E-state index contributed by atoms with van der Waals surface area (Å²) in [7, 11) is 0. The topological polar surface area (TPSA) is 708 Å². The predicted octanol–water partition coefficient (Wildman–Crippen LogP) is -4.88. The maximum absolute atomic E-state index is 16.4. The lowest BCUT2D eigenvalue weighted by atomic mass is 9.33. The fourth-order valence-electron chi connectivity index (χ4n) is 24.6. The number of rotatable bonds is 35. The smallest absolute Gasteiger partial charge is 0.335 e. The van der Waals surface area contributed by atoms with Crippen LogP contribution in [0.1, 0.15) is 192 Å². The minimum Gasteiger partial charge on any atom is -0.479 e. The van der Waals surface area contributed by atoms with Gasteiger partial charge in [0.25, 0.3) is 0 Å². The molecule has 7 saturated heterocycles. The minimum atomic E-state index is -2.26.